The number of esters is 1. The molecule has 0 aromatic heterocycles. The molecule has 0 aromatic carbocycles. The van der Waals surface area contributed by atoms with Gasteiger partial charge in [0, 0.05) is 6.08 Å². The summed E-state index contributed by atoms with van der Waals surface area (Å²) in [6.07, 6.45) is 2.12. The SMILES string of the molecule is C=C(C#N)C(=O)O.C=CC(=O)OC#N. The quantitative estimate of drug-likeness (QED) is 0.293. The fourth-order valence-electron chi connectivity index (χ4n) is 0.134. The molecule has 6 nitrogen and oxygen atoms in total. The van der Waals surface area contributed by atoms with Crippen molar-refractivity contribution in [3.63, 3.8) is 0 Å². The highest BCUT2D eigenvalue weighted by Gasteiger charge is 1.97. The maximum absolute atomic E-state index is 9.85. The van der Waals surface area contributed by atoms with Crippen molar-refractivity contribution in [2.24, 2.45) is 0 Å². The number of ether oxygens (including phenoxy) is 1. The number of carboxylic acids is 1. The topological polar surface area (TPSA) is 111 Å². The van der Waals surface area contributed by atoms with Gasteiger partial charge in [-0.15, -0.1) is 5.26 Å². The van der Waals surface area contributed by atoms with E-state index in [1.165, 1.54) is 12.3 Å². The Hall–Kier alpha value is -2.60. The predicted molar refractivity (Wildman–Crippen MR) is 44.3 cm³/mol. The van der Waals surface area contributed by atoms with Gasteiger partial charge < -0.3 is 9.84 Å². The molecular weight excluding hydrogens is 188 g/mol. The van der Waals surface area contributed by atoms with Crippen molar-refractivity contribution in [1.82, 2.24) is 0 Å². The highest BCUT2D eigenvalue weighted by molar-refractivity contribution is 5.90. The average molecular weight is 194 g/mol. The maximum Gasteiger partial charge on any atom is 0.345 e. The summed E-state index contributed by atoms with van der Waals surface area (Å²) in [7, 11) is 0. The van der Waals surface area contributed by atoms with Crippen LogP contribution in [0.1, 0.15) is 0 Å². The largest absolute Gasteiger partial charge is 0.477 e. The van der Waals surface area contributed by atoms with E-state index in [-0.39, 0.29) is 0 Å². The summed E-state index contributed by atoms with van der Waals surface area (Å²) >= 11 is 0. The Balaban J connectivity index is 0. The second-order valence-corrected chi connectivity index (χ2v) is 1.61. The molecule has 0 bridgehead atoms. The van der Waals surface area contributed by atoms with E-state index in [1.807, 2.05) is 0 Å². The van der Waals surface area contributed by atoms with Gasteiger partial charge >= 0.3 is 11.9 Å². The first kappa shape index (κ1) is 14.0. The second kappa shape index (κ2) is 8.50. The number of hydrogen-bond donors (Lipinski definition) is 1. The van der Waals surface area contributed by atoms with Crippen LogP contribution in [0.15, 0.2) is 24.8 Å². The van der Waals surface area contributed by atoms with Crippen LogP contribution in [0, 0.1) is 22.8 Å². The third-order valence-electron chi connectivity index (χ3n) is 0.706. The van der Waals surface area contributed by atoms with E-state index in [0.29, 0.717) is 0 Å². The molecule has 0 saturated heterocycles. The van der Waals surface area contributed by atoms with E-state index in [2.05, 4.69) is 17.9 Å². The zero-order valence-electron chi connectivity index (χ0n) is 7.06. The van der Waals surface area contributed by atoms with E-state index in [1.54, 1.807) is 0 Å². The molecule has 14 heavy (non-hydrogen) atoms. The first-order valence-corrected chi connectivity index (χ1v) is 3.04. The Morgan fingerprint density at radius 3 is 2.00 bits per heavy atom. The van der Waals surface area contributed by atoms with Gasteiger partial charge in [-0.1, -0.05) is 13.2 Å². The van der Waals surface area contributed by atoms with Crippen LogP contribution in [0.2, 0.25) is 0 Å². The molecule has 0 aliphatic rings. The summed E-state index contributed by atoms with van der Waals surface area (Å²) < 4.78 is 3.74. The van der Waals surface area contributed by atoms with E-state index in [9.17, 15) is 9.59 Å². The van der Waals surface area contributed by atoms with E-state index in [0.717, 1.165) is 6.08 Å². The second-order valence-electron chi connectivity index (χ2n) is 1.61. The van der Waals surface area contributed by atoms with Gasteiger partial charge in [-0.2, -0.15) is 5.26 Å². The van der Waals surface area contributed by atoms with Crippen molar-refractivity contribution in [2.45, 2.75) is 0 Å². The van der Waals surface area contributed by atoms with Crippen LogP contribution < -0.4 is 0 Å². The Morgan fingerprint density at radius 1 is 1.43 bits per heavy atom. The highest BCUT2D eigenvalue weighted by atomic mass is 16.5. The molecule has 0 spiro atoms. The summed E-state index contributed by atoms with van der Waals surface area (Å²) in [5.41, 5.74) is -0.431. The zero-order valence-corrected chi connectivity index (χ0v) is 7.06. The molecule has 0 radical (unpaired) electrons. The van der Waals surface area contributed by atoms with Crippen molar-refractivity contribution < 1.29 is 19.4 Å². The van der Waals surface area contributed by atoms with Crippen LogP contribution in [0.25, 0.3) is 0 Å². The third kappa shape index (κ3) is 9.40. The molecule has 0 aliphatic carbocycles. The normalized spacial score (nSPS) is 6.43. The molecule has 72 valence electrons. The smallest absolute Gasteiger partial charge is 0.345 e. The van der Waals surface area contributed by atoms with Crippen LogP contribution >= 0.6 is 0 Å². The minimum absolute atomic E-state index is 0.431. The van der Waals surface area contributed by atoms with Gasteiger partial charge in [0.15, 0.2) is 0 Å². The van der Waals surface area contributed by atoms with Crippen LogP contribution in [-0.4, -0.2) is 17.0 Å². The Morgan fingerprint density at radius 2 is 1.93 bits per heavy atom. The molecule has 0 atom stereocenters. The monoisotopic (exact) mass is 194 g/mol. The number of nitriles is 2. The lowest BCUT2D eigenvalue weighted by molar-refractivity contribution is -0.132. The number of aliphatic carboxylic acids is 1. The van der Waals surface area contributed by atoms with Gasteiger partial charge in [-0.3, -0.25) is 0 Å². The van der Waals surface area contributed by atoms with E-state index in [4.69, 9.17) is 15.6 Å². The minimum Gasteiger partial charge on any atom is -0.477 e. The number of rotatable bonds is 2. The third-order valence-corrected chi connectivity index (χ3v) is 0.706. The molecule has 0 unspecified atom stereocenters. The molecule has 0 amide bonds. The number of carbonyl (C=O) groups is 2. The zero-order chi connectivity index (χ0) is 11.6. The molecule has 0 aliphatic heterocycles. The molecule has 0 fully saturated rings. The van der Waals surface area contributed by atoms with Crippen molar-refractivity contribution in [2.75, 3.05) is 0 Å². The minimum atomic E-state index is -1.26. The van der Waals surface area contributed by atoms with Gasteiger partial charge in [0.05, 0.1) is 0 Å². The van der Waals surface area contributed by atoms with Gasteiger partial charge in [0.25, 0.3) is 6.26 Å². The summed E-state index contributed by atoms with van der Waals surface area (Å²) in [6.45, 7) is 5.97. The van der Waals surface area contributed by atoms with Crippen LogP contribution in [0.3, 0.4) is 0 Å². The van der Waals surface area contributed by atoms with E-state index < -0.39 is 17.5 Å². The van der Waals surface area contributed by atoms with Crippen LogP contribution in [0.4, 0.5) is 0 Å². The fraction of sp³-hybridized carbons (Fsp3) is 0. The standard InChI is InChI=1S/2C4H3NO2/c1-3(2-5)4(6)7;1-2-4(6)7-3-5/h1H2,(H,6,7);2H,1H2. The summed E-state index contributed by atoms with van der Waals surface area (Å²) in [5.74, 6) is -1.98. The highest BCUT2D eigenvalue weighted by Crippen LogP contribution is 1.81. The van der Waals surface area contributed by atoms with Crippen molar-refractivity contribution in [3.05, 3.63) is 24.8 Å². The van der Waals surface area contributed by atoms with Crippen molar-refractivity contribution in [1.29, 1.82) is 10.5 Å². The molecule has 0 saturated carbocycles. The molecule has 6 heteroatoms. The number of carboxylic acid groups (broad SMARTS) is 1. The summed E-state index contributed by atoms with van der Waals surface area (Å²) in [5, 5.41) is 23.3. The Kier molecular flexibility index (Phi) is 8.47. The van der Waals surface area contributed by atoms with Gasteiger partial charge in [-0.05, 0) is 0 Å². The molecule has 0 rings (SSSR count). The van der Waals surface area contributed by atoms with E-state index >= 15 is 0 Å². The van der Waals surface area contributed by atoms with Crippen LogP contribution in [-0.2, 0) is 14.3 Å². The lowest BCUT2D eigenvalue weighted by Gasteiger charge is -1.77. The number of carbonyl (C=O) groups excluding carboxylic acids is 1. The number of hydrogen-bond acceptors (Lipinski definition) is 5. The maximum atomic E-state index is 9.85. The molecule has 0 aromatic rings. The first-order valence-electron chi connectivity index (χ1n) is 3.04. The lowest BCUT2D eigenvalue weighted by Crippen LogP contribution is -1.94. The van der Waals surface area contributed by atoms with Crippen LogP contribution in [0.5, 0.6) is 0 Å². The molecule has 1 N–H and O–H groups in total. The predicted octanol–water partition coefficient (Wildman–Crippen LogP) is 0.347. The number of nitrogens with zero attached hydrogens (tertiary/aromatic N) is 2. The molecule has 0 heterocycles. The lowest BCUT2D eigenvalue weighted by atomic mass is 10.4. The Bertz CT molecular complexity index is 330. The Labute approximate surface area is 79.9 Å². The van der Waals surface area contributed by atoms with Crippen molar-refractivity contribution >= 4 is 11.9 Å². The van der Waals surface area contributed by atoms with Gasteiger partial charge in [0.2, 0.25) is 0 Å². The summed E-state index contributed by atoms with van der Waals surface area (Å²) in [6, 6.07) is 1.37. The van der Waals surface area contributed by atoms with Gasteiger partial charge in [0.1, 0.15) is 11.6 Å². The summed E-state index contributed by atoms with van der Waals surface area (Å²) in [4.78, 5) is 19.5. The van der Waals surface area contributed by atoms with Crippen molar-refractivity contribution in [3.8, 4) is 12.3 Å². The average Bonchev–Trinajstić information content (AvgIpc) is 2.17. The first-order chi connectivity index (χ1) is 6.49. The van der Waals surface area contributed by atoms with Gasteiger partial charge in [-0.25, -0.2) is 9.59 Å². The fourth-order valence-corrected chi connectivity index (χ4v) is 0.134. The molecular formula is C8H6N2O4.